The first kappa shape index (κ1) is 16.1. The molecule has 2 aromatic rings. The molecule has 2 rings (SSSR count). The largest absolute Gasteiger partial charge is 0.335 e. The molecule has 21 heavy (non-hydrogen) atoms. The summed E-state index contributed by atoms with van der Waals surface area (Å²) >= 11 is 9.49. The van der Waals surface area contributed by atoms with E-state index < -0.39 is 0 Å². The molecule has 2 aromatic carbocycles. The van der Waals surface area contributed by atoms with Gasteiger partial charge in [0.15, 0.2) is 0 Å². The topological polar surface area (TPSA) is 20.3 Å². The number of aryl methyl sites for hydroxylation is 1. The second-order valence-corrected chi connectivity index (χ2v) is 6.40. The Morgan fingerprint density at radius 2 is 1.95 bits per heavy atom. The number of hydrogen-bond donors (Lipinski definition) is 0. The van der Waals surface area contributed by atoms with Gasteiger partial charge in [-0.2, -0.15) is 0 Å². The summed E-state index contributed by atoms with van der Waals surface area (Å²) < 4.78 is 0.942. The quantitative estimate of drug-likeness (QED) is 0.727. The summed E-state index contributed by atoms with van der Waals surface area (Å²) in [6, 6.07) is 13.2. The summed E-state index contributed by atoms with van der Waals surface area (Å²) in [6.45, 7) is 3.99. The summed E-state index contributed by atoms with van der Waals surface area (Å²) in [6.07, 6.45) is 0. The van der Waals surface area contributed by atoms with Crippen LogP contribution in [0.2, 0.25) is 5.02 Å². The molecule has 0 heterocycles. The standard InChI is InChI=1S/C17H17BrClNO/c1-11-7-8-14(10-16(11)18)17(21)20(3)12(2)13-5-4-6-15(19)9-13/h4-10,12H,1-3H3. The van der Waals surface area contributed by atoms with Gasteiger partial charge in [0.25, 0.3) is 5.91 Å². The Kier molecular flexibility index (Phi) is 5.07. The number of carbonyl (C=O) groups is 1. The number of halogens is 2. The number of carbonyl (C=O) groups excluding carboxylic acids is 1. The molecule has 0 aromatic heterocycles. The lowest BCUT2D eigenvalue weighted by Crippen LogP contribution is -2.29. The highest BCUT2D eigenvalue weighted by molar-refractivity contribution is 9.10. The van der Waals surface area contributed by atoms with Crippen LogP contribution in [0.3, 0.4) is 0 Å². The SMILES string of the molecule is Cc1ccc(C(=O)N(C)C(C)c2cccc(Cl)c2)cc1Br. The predicted octanol–water partition coefficient (Wildman–Crippen LogP) is 5.24. The van der Waals surface area contributed by atoms with Crippen LogP contribution in [0.25, 0.3) is 0 Å². The van der Waals surface area contributed by atoms with Crippen molar-refractivity contribution >= 4 is 33.4 Å². The van der Waals surface area contributed by atoms with Crippen LogP contribution >= 0.6 is 27.5 Å². The molecule has 4 heteroatoms. The van der Waals surface area contributed by atoms with E-state index in [0.29, 0.717) is 10.6 Å². The molecular formula is C17H17BrClNO. The average Bonchev–Trinajstić information content (AvgIpc) is 2.47. The molecule has 0 N–H and O–H groups in total. The zero-order valence-corrected chi connectivity index (χ0v) is 14.6. The average molecular weight is 367 g/mol. The van der Waals surface area contributed by atoms with E-state index in [1.54, 1.807) is 4.90 Å². The van der Waals surface area contributed by atoms with E-state index in [-0.39, 0.29) is 11.9 Å². The van der Waals surface area contributed by atoms with Crippen molar-refractivity contribution in [2.45, 2.75) is 19.9 Å². The van der Waals surface area contributed by atoms with Crippen LogP contribution < -0.4 is 0 Å². The molecule has 0 fully saturated rings. The smallest absolute Gasteiger partial charge is 0.254 e. The molecule has 2 nitrogen and oxygen atoms in total. The van der Waals surface area contributed by atoms with Crippen molar-refractivity contribution in [3.05, 3.63) is 68.7 Å². The molecule has 0 radical (unpaired) electrons. The summed E-state index contributed by atoms with van der Waals surface area (Å²) in [5, 5.41) is 0.679. The lowest BCUT2D eigenvalue weighted by molar-refractivity contribution is 0.0742. The zero-order chi connectivity index (χ0) is 15.6. The Bertz CT molecular complexity index is 672. The highest BCUT2D eigenvalue weighted by atomic mass is 79.9. The maximum absolute atomic E-state index is 12.6. The molecule has 110 valence electrons. The van der Waals surface area contributed by atoms with Crippen LogP contribution in [0.1, 0.15) is 34.5 Å². The number of nitrogens with zero attached hydrogens (tertiary/aromatic N) is 1. The molecule has 0 aliphatic rings. The number of rotatable bonds is 3. The molecule has 1 atom stereocenters. The Balaban J connectivity index is 2.24. The predicted molar refractivity (Wildman–Crippen MR) is 90.8 cm³/mol. The van der Waals surface area contributed by atoms with E-state index >= 15 is 0 Å². The van der Waals surface area contributed by atoms with Gasteiger partial charge in [-0.05, 0) is 49.2 Å². The fourth-order valence-corrected chi connectivity index (χ4v) is 2.67. The van der Waals surface area contributed by atoms with Crippen LogP contribution in [0, 0.1) is 6.92 Å². The van der Waals surface area contributed by atoms with E-state index in [1.165, 1.54) is 0 Å². The summed E-state index contributed by atoms with van der Waals surface area (Å²) in [4.78, 5) is 14.3. The van der Waals surface area contributed by atoms with Crippen molar-refractivity contribution in [3.63, 3.8) is 0 Å². The number of amides is 1. The highest BCUT2D eigenvalue weighted by Gasteiger charge is 2.19. The third-order valence-corrected chi connectivity index (χ3v) is 4.74. The number of hydrogen-bond acceptors (Lipinski definition) is 1. The lowest BCUT2D eigenvalue weighted by Gasteiger charge is -2.25. The van der Waals surface area contributed by atoms with E-state index in [0.717, 1.165) is 15.6 Å². The van der Waals surface area contributed by atoms with Gasteiger partial charge in [0.05, 0.1) is 6.04 Å². The minimum absolute atomic E-state index is 0.0109. The second-order valence-electron chi connectivity index (χ2n) is 5.11. The van der Waals surface area contributed by atoms with Crippen molar-refractivity contribution in [2.24, 2.45) is 0 Å². The molecule has 0 saturated heterocycles. The van der Waals surface area contributed by atoms with Gasteiger partial charge in [-0.3, -0.25) is 4.79 Å². The summed E-state index contributed by atoms with van der Waals surface area (Å²) in [5.74, 6) is -0.0109. The third-order valence-electron chi connectivity index (χ3n) is 3.65. The second kappa shape index (κ2) is 6.63. The highest BCUT2D eigenvalue weighted by Crippen LogP contribution is 2.24. The molecular weight excluding hydrogens is 350 g/mol. The van der Waals surface area contributed by atoms with Crippen LogP contribution in [0.4, 0.5) is 0 Å². The van der Waals surface area contributed by atoms with Gasteiger partial charge >= 0.3 is 0 Å². The van der Waals surface area contributed by atoms with Crippen LogP contribution in [-0.4, -0.2) is 17.9 Å². The van der Waals surface area contributed by atoms with Crippen molar-refractivity contribution < 1.29 is 4.79 Å². The molecule has 1 unspecified atom stereocenters. The first-order valence-electron chi connectivity index (χ1n) is 6.69. The molecule has 0 spiro atoms. The van der Waals surface area contributed by atoms with Crippen LogP contribution in [-0.2, 0) is 0 Å². The van der Waals surface area contributed by atoms with Gasteiger partial charge < -0.3 is 4.90 Å². The van der Waals surface area contributed by atoms with E-state index in [1.807, 2.05) is 63.4 Å². The monoisotopic (exact) mass is 365 g/mol. The van der Waals surface area contributed by atoms with Crippen molar-refractivity contribution in [1.82, 2.24) is 4.90 Å². The first-order valence-corrected chi connectivity index (χ1v) is 7.86. The Hall–Kier alpha value is -1.32. The van der Waals surface area contributed by atoms with Crippen molar-refractivity contribution in [3.8, 4) is 0 Å². The van der Waals surface area contributed by atoms with Gasteiger partial charge in [0, 0.05) is 22.1 Å². The Morgan fingerprint density at radius 1 is 1.24 bits per heavy atom. The molecule has 0 aliphatic heterocycles. The van der Waals surface area contributed by atoms with Gasteiger partial charge in [-0.25, -0.2) is 0 Å². The van der Waals surface area contributed by atoms with Gasteiger partial charge in [0.1, 0.15) is 0 Å². The van der Waals surface area contributed by atoms with E-state index in [9.17, 15) is 4.79 Å². The minimum atomic E-state index is -0.0451. The fraction of sp³-hybridized carbons (Fsp3) is 0.235. The van der Waals surface area contributed by atoms with Crippen LogP contribution in [0.15, 0.2) is 46.9 Å². The summed E-state index contributed by atoms with van der Waals surface area (Å²) in [7, 11) is 1.81. The van der Waals surface area contributed by atoms with Gasteiger partial charge in [0.2, 0.25) is 0 Å². The van der Waals surface area contributed by atoms with Crippen molar-refractivity contribution in [2.75, 3.05) is 7.05 Å². The number of benzene rings is 2. The van der Waals surface area contributed by atoms with Gasteiger partial charge in [-0.15, -0.1) is 0 Å². The Morgan fingerprint density at radius 3 is 2.57 bits per heavy atom. The molecule has 0 bridgehead atoms. The first-order chi connectivity index (χ1) is 9.90. The van der Waals surface area contributed by atoms with Gasteiger partial charge in [-0.1, -0.05) is 45.7 Å². The summed E-state index contributed by atoms with van der Waals surface area (Å²) in [5.41, 5.74) is 2.80. The van der Waals surface area contributed by atoms with E-state index in [2.05, 4.69) is 15.9 Å². The molecule has 0 aliphatic carbocycles. The van der Waals surface area contributed by atoms with E-state index in [4.69, 9.17) is 11.6 Å². The zero-order valence-electron chi connectivity index (χ0n) is 12.2. The molecule has 0 saturated carbocycles. The lowest BCUT2D eigenvalue weighted by atomic mass is 10.1. The Labute approximate surface area is 138 Å². The maximum Gasteiger partial charge on any atom is 0.254 e. The van der Waals surface area contributed by atoms with Crippen LogP contribution in [0.5, 0.6) is 0 Å². The maximum atomic E-state index is 12.6. The fourth-order valence-electron chi connectivity index (χ4n) is 2.10. The normalized spacial score (nSPS) is 12.0. The minimum Gasteiger partial charge on any atom is -0.335 e. The van der Waals surface area contributed by atoms with Crippen molar-refractivity contribution in [1.29, 1.82) is 0 Å². The molecule has 1 amide bonds. The third kappa shape index (κ3) is 3.66.